The number of carbonyl (C=O) groups is 3. The summed E-state index contributed by atoms with van der Waals surface area (Å²) in [6.45, 7) is 3.47. The van der Waals surface area contributed by atoms with Gasteiger partial charge in [0.2, 0.25) is 0 Å². The number of hydrogen-bond donors (Lipinski definition) is 1. The van der Waals surface area contributed by atoms with E-state index in [2.05, 4.69) is 0 Å². The van der Waals surface area contributed by atoms with Crippen LogP contribution in [-0.4, -0.2) is 55.0 Å². The van der Waals surface area contributed by atoms with Crippen molar-refractivity contribution >= 4 is 18.2 Å². The van der Waals surface area contributed by atoms with Crippen molar-refractivity contribution in [1.82, 2.24) is 4.90 Å². The van der Waals surface area contributed by atoms with E-state index >= 15 is 0 Å². The molecule has 2 amide bonds. The minimum absolute atomic E-state index is 0.0206. The molecule has 0 saturated heterocycles. The van der Waals surface area contributed by atoms with E-state index in [0.717, 1.165) is 4.90 Å². The van der Waals surface area contributed by atoms with Gasteiger partial charge in [0.25, 0.3) is 0 Å². The van der Waals surface area contributed by atoms with Gasteiger partial charge in [-0.05, 0) is 45.4 Å². The zero-order valence-electron chi connectivity index (χ0n) is 17.8. The summed E-state index contributed by atoms with van der Waals surface area (Å²) in [5, 5.41) is 9.15. The third kappa shape index (κ3) is 6.53. The number of nitrogens with zero attached hydrogens (tertiary/aromatic N) is 1. The molecule has 1 aliphatic rings. The fraction of sp³-hybridized carbons (Fsp3) is 0.571. The van der Waals surface area contributed by atoms with Crippen LogP contribution in [0.15, 0.2) is 18.2 Å². The maximum atomic E-state index is 12.8. The van der Waals surface area contributed by atoms with Crippen molar-refractivity contribution in [3.05, 3.63) is 18.2 Å². The lowest BCUT2D eigenvalue weighted by Crippen LogP contribution is -2.43. The predicted molar refractivity (Wildman–Crippen MR) is 107 cm³/mol. The number of benzene rings is 1. The highest BCUT2D eigenvalue weighted by atomic mass is 16.6. The second-order valence-corrected chi connectivity index (χ2v) is 7.52. The highest BCUT2D eigenvalue weighted by molar-refractivity contribution is 5.89. The predicted octanol–water partition coefficient (Wildman–Crippen LogP) is 3.94. The van der Waals surface area contributed by atoms with Gasteiger partial charge in [-0.1, -0.05) is 0 Å². The molecule has 1 aliphatic carbocycles. The third-order valence-electron chi connectivity index (χ3n) is 4.94. The monoisotopic (exact) mass is 423 g/mol. The molecule has 2 rings (SSSR count). The number of carbonyl (C=O) groups excluding carboxylic acids is 2. The van der Waals surface area contributed by atoms with Gasteiger partial charge in [0.05, 0.1) is 26.2 Å². The van der Waals surface area contributed by atoms with Gasteiger partial charge in [-0.15, -0.1) is 0 Å². The van der Waals surface area contributed by atoms with Crippen LogP contribution in [-0.2, 0) is 9.53 Å². The molecule has 1 aromatic carbocycles. The molecular weight excluding hydrogens is 394 g/mol. The van der Waals surface area contributed by atoms with Crippen molar-refractivity contribution in [2.45, 2.75) is 45.6 Å². The van der Waals surface area contributed by atoms with Crippen LogP contribution in [0.4, 0.5) is 9.59 Å². The zero-order valence-corrected chi connectivity index (χ0v) is 17.8. The first-order valence-electron chi connectivity index (χ1n) is 9.89. The van der Waals surface area contributed by atoms with Gasteiger partial charge in [-0.2, -0.15) is 0 Å². The number of carboxylic acids is 1. The minimum atomic E-state index is -0.878. The molecular formula is C21H29NO8. The van der Waals surface area contributed by atoms with Crippen LogP contribution in [0.1, 0.15) is 39.5 Å². The van der Waals surface area contributed by atoms with E-state index in [-0.39, 0.29) is 24.1 Å². The summed E-state index contributed by atoms with van der Waals surface area (Å²) in [7, 11) is 2.94. The second-order valence-electron chi connectivity index (χ2n) is 7.52. The Morgan fingerprint density at radius 1 is 0.967 bits per heavy atom. The van der Waals surface area contributed by atoms with Crippen molar-refractivity contribution in [1.29, 1.82) is 0 Å². The molecule has 1 saturated carbocycles. The minimum Gasteiger partial charge on any atom is -0.496 e. The molecule has 166 valence electrons. The van der Waals surface area contributed by atoms with Crippen molar-refractivity contribution in [3.8, 4) is 17.2 Å². The molecule has 0 aliphatic heterocycles. The average Bonchev–Trinajstić information content (AvgIpc) is 2.71. The summed E-state index contributed by atoms with van der Waals surface area (Å²) in [6.07, 6.45) is 0.129. The Bertz CT molecular complexity index is 733. The normalized spacial score (nSPS) is 18.4. The van der Waals surface area contributed by atoms with E-state index in [1.807, 2.05) is 0 Å². The first kappa shape index (κ1) is 23.3. The third-order valence-corrected chi connectivity index (χ3v) is 4.94. The summed E-state index contributed by atoms with van der Waals surface area (Å²) >= 11 is 0. The summed E-state index contributed by atoms with van der Waals surface area (Å²) in [5.74, 6) is -0.189. The molecule has 1 aromatic rings. The van der Waals surface area contributed by atoms with E-state index in [1.54, 1.807) is 19.9 Å². The Morgan fingerprint density at radius 2 is 1.50 bits per heavy atom. The first-order chi connectivity index (χ1) is 14.2. The van der Waals surface area contributed by atoms with E-state index in [0.29, 0.717) is 37.2 Å². The number of imide groups is 1. The lowest BCUT2D eigenvalue weighted by atomic mass is 9.82. The van der Waals surface area contributed by atoms with Crippen LogP contribution >= 0.6 is 0 Å². The first-order valence-corrected chi connectivity index (χ1v) is 9.89. The number of aliphatic carboxylic acids is 1. The number of carboxylic acid groups (broad SMARTS) is 1. The molecule has 0 heterocycles. The van der Waals surface area contributed by atoms with Gasteiger partial charge in [0.15, 0.2) is 0 Å². The highest BCUT2D eigenvalue weighted by Crippen LogP contribution is 2.31. The Kier molecular flexibility index (Phi) is 8.32. The number of amides is 2. The summed E-state index contributed by atoms with van der Waals surface area (Å²) in [4.78, 5) is 37.4. The SMILES string of the molecule is COc1cc(OC)cc(OC(=O)N(CC2CCC(C(=O)O)CC2)C(=O)OC(C)C)c1. The van der Waals surface area contributed by atoms with E-state index < -0.39 is 24.3 Å². The Balaban J connectivity index is 2.13. The Labute approximate surface area is 175 Å². The van der Waals surface area contributed by atoms with E-state index in [4.69, 9.17) is 24.1 Å². The van der Waals surface area contributed by atoms with Crippen molar-refractivity contribution in [2.75, 3.05) is 20.8 Å². The van der Waals surface area contributed by atoms with E-state index in [1.165, 1.54) is 26.4 Å². The van der Waals surface area contributed by atoms with Crippen LogP contribution in [0, 0.1) is 11.8 Å². The van der Waals surface area contributed by atoms with E-state index in [9.17, 15) is 14.4 Å². The van der Waals surface area contributed by atoms with Gasteiger partial charge >= 0.3 is 18.2 Å². The average molecular weight is 423 g/mol. The van der Waals surface area contributed by atoms with Gasteiger partial charge in [0, 0.05) is 24.7 Å². The van der Waals surface area contributed by atoms with Crippen molar-refractivity contribution in [3.63, 3.8) is 0 Å². The van der Waals surface area contributed by atoms with Crippen LogP contribution in [0.3, 0.4) is 0 Å². The van der Waals surface area contributed by atoms with Gasteiger partial charge < -0.3 is 24.1 Å². The van der Waals surface area contributed by atoms with Crippen molar-refractivity contribution in [2.24, 2.45) is 11.8 Å². The van der Waals surface area contributed by atoms with Gasteiger partial charge in [-0.3, -0.25) is 4.79 Å². The summed E-state index contributed by atoms with van der Waals surface area (Å²) < 4.78 is 20.9. The Morgan fingerprint density at radius 3 is 1.97 bits per heavy atom. The maximum absolute atomic E-state index is 12.8. The summed E-state index contributed by atoms with van der Waals surface area (Å²) in [5.41, 5.74) is 0. The molecule has 30 heavy (non-hydrogen) atoms. The zero-order chi connectivity index (χ0) is 22.3. The number of methoxy groups -OCH3 is 2. The fourth-order valence-electron chi connectivity index (χ4n) is 3.34. The maximum Gasteiger partial charge on any atom is 0.424 e. The number of ether oxygens (including phenoxy) is 4. The number of rotatable bonds is 7. The van der Waals surface area contributed by atoms with Crippen LogP contribution in [0.5, 0.6) is 17.2 Å². The topological polar surface area (TPSA) is 112 Å². The molecule has 9 nitrogen and oxygen atoms in total. The molecule has 9 heteroatoms. The molecule has 1 N–H and O–H groups in total. The lowest BCUT2D eigenvalue weighted by Gasteiger charge is -2.30. The standard InChI is InChI=1S/C21H29NO8/c1-13(2)29-20(25)22(12-14-5-7-15(8-6-14)19(23)24)21(26)30-18-10-16(27-3)9-17(11-18)28-4/h9-11,13-15H,5-8,12H2,1-4H3,(H,23,24). The Hall–Kier alpha value is -2.97. The van der Waals surface area contributed by atoms with Gasteiger partial charge in [-0.25, -0.2) is 14.5 Å². The molecule has 0 spiro atoms. The van der Waals surface area contributed by atoms with Gasteiger partial charge in [0.1, 0.15) is 17.2 Å². The fourth-order valence-corrected chi connectivity index (χ4v) is 3.34. The lowest BCUT2D eigenvalue weighted by molar-refractivity contribution is -0.143. The largest absolute Gasteiger partial charge is 0.496 e. The number of hydrogen-bond acceptors (Lipinski definition) is 7. The molecule has 0 unspecified atom stereocenters. The molecule has 0 atom stereocenters. The molecule has 0 bridgehead atoms. The van der Waals surface area contributed by atoms with Crippen LogP contribution in [0.2, 0.25) is 0 Å². The molecule has 0 aromatic heterocycles. The highest BCUT2D eigenvalue weighted by Gasteiger charge is 2.32. The van der Waals surface area contributed by atoms with Crippen LogP contribution < -0.4 is 14.2 Å². The molecule has 1 fully saturated rings. The smallest absolute Gasteiger partial charge is 0.424 e. The van der Waals surface area contributed by atoms with Crippen molar-refractivity contribution < 1.29 is 38.4 Å². The molecule has 0 radical (unpaired) electrons. The summed E-state index contributed by atoms with van der Waals surface area (Å²) in [6, 6.07) is 4.64. The second kappa shape index (κ2) is 10.7. The quantitative estimate of drug-likeness (QED) is 0.702. The van der Waals surface area contributed by atoms with Crippen LogP contribution in [0.25, 0.3) is 0 Å².